The highest BCUT2D eigenvalue weighted by Crippen LogP contribution is 1.92. The van der Waals surface area contributed by atoms with Crippen molar-refractivity contribution in [1.82, 2.24) is 10.2 Å². The molecule has 5 heteroatoms. The van der Waals surface area contributed by atoms with Gasteiger partial charge in [0, 0.05) is 13.1 Å². The van der Waals surface area contributed by atoms with Crippen LogP contribution in [-0.4, -0.2) is 71.8 Å². The Morgan fingerprint density at radius 3 is 2.07 bits per heavy atom. The average Bonchev–Trinajstić information content (AvgIpc) is 2.27. The monoisotopic (exact) mass is 220 g/mol. The van der Waals surface area contributed by atoms with E-state index in [2.05, 4.69) is 10.2 Å². The molecule has 0 rings (SSSR count). The van der Waals surface area contributed by atoms with Crippen molar-refractivity contribution >= 4 is 0 Å². The Bertz CT molecular complexity index is 139. The van der Waals surface area contributed by atoms with E-state index in [1.807, 2.05) is 13.8 Å². The predicted octanol–water partition coefficient (Wildman–Crippen LogP) is -1.37. The quantitative estimate of drug-likeness (QED) is 0.386. The predicted molar refractivity (Wildman–Crippen MR) is 59.8 cm³/mol. The van der Waals surface area contributed by atoms with Gasteiger partial charge in [0.2, 0.25) is 0 Å². The molecule has 0 bridgehead atoms. The maximum atomic E-state index is 9.65. The van der Waals surface area contributed by atoms with Crippen molar-refractivity contribution in [3.8, 4) is 0 Å². The minimum atomic E-state index is -0.467. The Morgan fingerprint density at radius 2 is 1.67 bits per heavy atom. The molecule has 5 nitrogen and oxygen atoms in total. The van der Waals surface area contributed by atoms with Gasteiger partial charge in [0.15, 0.2) is 0 Å². The van der Waals surface area contributed by atoms with Crippen LogP contribution in [0.25, 0.3) is 0 Å². The van der Waals surface area contributed by atoms with Gasteiger partial charge in [0.25, 0.3) is 0 Å². The molecule has 0 aromatic rings. The third-order valence-corrected chi connectivity index (χ3v) is 2.45. The van der Waals surface area contributed by atoms with Crippen molar-refractivity contribution in [1.29, 1.82) is 0 Å². The molecule has 0 saturated carbocycles. The van der Waals surface area contributed by atoms with E-state index in [-0.39, 0.29) is 19.3 Å². The van der Waals surface area contributed by atoms with E-state index in [4.69, 9.17) is 10.2 Å². The molecule has 0 heterocycles. The molecule has 0 fully saturated rings. The van der Waals surface area contributed by atoms with Crippen molar-refractivity contribution in [2.24, 2.45) is 0 Å². The van der Waals surface area contributed by atoms with E-state index in [0.29, 0.717) is 13.1 Å². The summed E-state index contributed by atoms with van der Waals surface area (Å²) in [6.45, 7) is 6.70. The van der Waals surface area contributed by atoms with Gasteiger partial charge in [0.05, 0.1) is 25.4 Å². The van der Waals surface area contributed by atoms with Crippen LogP contribution in [0.3, 0.4) is 0 Å². The second-order valence-corrected chi connectivity index (χ2v) is 3.61. The van der Waals surface area contributed by atoms with Crippen LogP contribution in [-0.2, 0) is 0 Å². The Hall–Kier alpha value is -0.200. The maximum absolute atomic E-state index is 9.65. The summed E-state index contributed by atoms with van der Waals surface area (Å²) in [7, 11) is 0. The topological polar surface area (TPSA) is 76.0 Å². The maximum Gasteiger partial charge on any atom is 0.0791 e. The lowest BCUT2D eigenvalue weighted by Gasteiger charge is -2.23. The molecule has 0 aliphatic carbocycles. The number of hydrogen-bond acceptors (Lipinski definition) is 5. The summed E-state index contributed by atoms with van der Waals surface area (Å²) in [4.78, 5) is 2.12. The van der Waals surface area contributed by atoms with Crippen molar-refractivity contribution in [3.05, 3.63) is 0 Å². The number of nitrogens with zero attached hydrogens (tertiary/aromatic N) is 1. The molecule has 1 atom stereocenters. The molecular formula is C10H24N2O3. The standard InChI is InChI=1S/C10H24N2O3/c1-3-12(4-2)6-10(15)5-11-9(7-13)8-14/h9-11,13-15H,3-8H2,1-2H3. The van der Waals surface area contributed by atoms with Crippen molar-refractivity contribution in [2.45, 2.75) is 26.0 Å². The number of nitrogens with one attached hydrogen (secondary N) is 1. The van der Waals surface area contributed by atoms with Gasteiger partial charge in [0.1, 0.15) is 0 Å². The van der Waals surface area contributed by atoms with Gasteiger partial charge < -0.3 is 25.5 Å². The van der Waals surface area contributed by atoms with Crippen LogP contribution in [0, 0.1) is 0 Å². The molecule has 1 unspecified atom stereocenters. The summed E-state index contributed by atoms with van der Waals surface area (Å²) in [5, 5.41) is 30.1. The van der Waals surface area contributed by atoms with E-state index >= 15 is 0 Å². The van der Waals surface area contributed by atoms with E-state index < -0.39 is 6.10 Å². The van der Waals surface area contributed by atoms with E-state index in [1.165, 1.54) is 0 Å². The summed E-state index contributed by atoms with van der Waals surface area (Å²) in [6, 6.07) is -0.337. The summed E-state index contributed by atoms with van der Waals surface area (Å²) in [5.74, 6) is 0. The zero-order valence-electron chi connectivity index (χ0n) is 9.69. The first-order chi connectivity index (χ1) is 7.17. The molecule has 0 amide bonds. The first kappa shape index (κ1) is 14.8. The molecule has 0 spiro atoms. The van der Waals surface area contributed by atoms with Gasteiger partial charge in [-0.1, -0.05) is 13.8 Å². The Balaban J connectivity index is 3.67. The largest absolute Gasteiger partial charge is 0.395 e. The Kier molecular flexibility index (Phi) is 8.94. The van der Waals surface area contributed by atoms with Crippen LogP contribution in [0.2, 0.25) is 0 Å². The average molecular weight is 220 g/mol. The minimum Gasteiger partial charge on any atom is -0.395 e. The molecule has 92 valence electrons. The molecular weight excluding hydrogens is 196 g/mol. The van der Waals surface area contributed by atoms with E-state index in [9.17, 15) is 5.11 Å². The SMILES string of the molecule is CCN(CC)CC(O)CNC(CO)CO. The van der Waals surface area contributed by atoms with Crippen LogP contribution in [0.1, 0.15) is 13.8 Å². The van der Waals surface area contributed by atoms with Gasteiger partial charge in [-0.05, 0) is 13.1 Å². The second kappa shape index (κ2) is 9.06. The van der Waals surface area contributed by atoms with Crippen molar-refractivity contribution < 1.29 is 15.3 Å². The van der Waals surface area contributed by atoms with Gasteiger partial charge in [-0.3, -0.25) is 0 Å². The lowest BCUT2D eigenvalue weighted by molar-refractivity contribution is 0.102. The first-order valence-corrected chi connectivity index (χ1v) is 5.53. The van der Waals surface area contributed by atoms with E-state index in [1.54, 1.807) is 0 Å². The molecule has 0 aliphatic rings. The number of aliphatic hydroxyl groups excluding tert-OH is 3. The zero-order chi connectivity index (χ0) is 11.7. The highest BCUT2D eigenvalue weighted by molar-refractivity contribution is 4.70. The van der Waals surface area contributed by atoms with Crippen LogP contribution >= 0.6 is 0 Å². The molecule has 0 aromatic heterocycles. The van der Waals surface area contributed by atoms with Gasteiger partial charge in [-0.2, -0.15) is 0 Å². The summed E-state index contributed by atoms with van der Waals surface area (Å²) >= 11 is 0. The highest BCUT2D eigenvalue weighted by Gasteiger charge is 2.11. The third kappa shape index (κ3) is 6.81. The zero-order valence-corrected chi connectivity index (χ0v) is 9.69. The number of hydrogen-bond donors (Lipinski definition) is 4. The lowest BCUT2D eigenvalue weighted by Crippen LogP contribution is -2.44. The number of likely N-dealkylation sites (N-methyl/N-ethyl adjacent to an activating group) is 1. The fourth-order valence-electron chi connectivity index (χ4n) is 1.33. The van der Waals surface area contributed by atoms with Gasteiger partial charge in [-0.15, -0.1) is 0 Å². The van der Waals surface area contributed by atoms with Crippen LogP contribution in [0.4, 0.5) is 0 Å². The molecule has 0 aliphatic heterocycles. The number of rotatable bonds is 9. The van der Waals surface area contributed by atoms with Crippen LogP contribution in [0.15, 0.2) is 0 Å². The summed E-state index contributed by atoms with van der Waals surface area (Å²) in [5.41, 5.74) is 0. The number of aliphatic hydroxyl groups is 3. The van der Waals surface area contributed by atoms with Crippen molar-refractivity contribution in [2.75, 3.05) is 39.4 Å². The molecule has 0 saturated heterocycles. The minimum absolute atomic E-state index is 0.117. The Morgan fingerprint density at radius 1 is 1.13 bits per heavy atom. The Labute approximate surface area is 91.7 Å². The molecule has 15 heavy (non-hydrogen) atoms. The fourth-order valence-corrected chi connectivity index (χ4v) is 1.33. The summed E-state index contributed by atoms with van der Waals surface area (Å²) in [6.07, 6.45) is -0.467. The first-order valence-electron chi connectivity index (χ1n) is 5.53. The van der Waals surface area contributed by atoms with Crippen LogP contribution < -0.4 is 5.32 Å². The van der Waals surface area contributed by atoms with Crippen LogP contribution in [0.5, 0.6) is 0 Å². The third-order valence-electron chi connectivity index (χ3n) is 2.45. The molecule has 0 radical (unpaired) electrons. The highest BCUT2D eigenvalue weighted by atomic mass is 16.3. The van der Waals surface area contributed by atoms with E-state index in [0.717, 1.165) is 13.1 Å². The van der Waals surface area contributed by atoms with Gasteiger partial charge in [-0.25, -0.2) is 0 Å². The smallest absolute Gasteiger partial charge is 0.0791 e. The molecule has 0 aromatic carbocycles. The van der Waals surface area contributed by atoms with Gasteiger partial charge >= 0.3 is 0 Å². The van der Waals surface area contributed by atoms with Crippen molar-refractivity contribution in [3.63, 3.8) is 0 Å². The fraction of sp³-hybridized carbons (Fsp3) is 1.00. The normalized spacial score (nSPS) is 13.8. The lowest BCUT2D eigenvalue weighted by atomic mass is 10.2. The molecule has 4 N–H and O–H groups in total. The summed E-state index contributed by atoms with van der Waals surface area (Å²) < 4.78 is 0. The second-order valence-electron chi connectivity index (χ2n) is 3.61.